The smallest absolute Gasteiger partial charge is 0.303 e. The van der Waals surface area contributed by atoms with Crippen molar-refractivity contribution < 1.29 is 27.5 Å². The standard InChI is InChI=1S/C29H31FN4O5S/c1-33(2)15-16-34(40(3,38)39)23-11-9-22(10-12-23)31-28(20-6-4-5-19(17-20)7-14-26(35)36)27-24-13-8-21(30)18-25(24)32-29(27)37/h4-6,8-13,17-18,31H,7,14-16H2,1-3H3,(H,32,37)(H,35,36)/b28-27-. The zero-order valence-electron chi connectivity index (χ0n) is 22.4. The van der Waals surface area contributed by atoms with Gasteiger partial charge in [0.25, 0.3) is 5.91 Å². The summed E-state index contributed by atoms with van der Waals surface area (Å²) in [7, 11) is 0.217. The van der Waals surface area contributed by atoms with Crippen molar-refractivity contribution in [2.45, 2.75) is 12.8 Å². The molecule has 0 unspecified atom stereocenters. The summed E-state index contributed by atoms with van der Waals surface area (Å²) in [5.41, 5.74) is 4.12. The zero-order chi connectivity index (χ0) is 29.0. The molecule has 11 heteroatoms. The molecule has 0 bridgehead atoms. The van der Waals surface area contributed by atoms with Gasteiger partial charge in [0.1, 0.15) is 5.82 Å². The molecule has 0 spiro atoms. The molecule has 1 amide bonds. The van der Waals surface area contributed by atoms with Gasteiger partial charge in [-0.1, -0.05) is 18.2 Å². The minimum atomic E-state index is -3.51. The van der Waals surface area contributed by atoms with Crippen LogP contribution in [0.15, 0.2) is 66.7 Å². The van der Waals surface area contributed by atoms with E-state index in [0.717, 1.165) is 11.8 Å². The maximum Gasteiger partial charge on any atom is 0.303 e. The number of carbonyl (C=O) groups excluding carboxylic acids is 1. The minimum Gasteiger partial charge on any atom is -0.481 e. The van der Waals surface area contributed by atoms with Crippen molar-refractivity contribution in [2.24, 2.45) is 0 Å². The van der Waals surface area contributed by atoms with Gasteiger partial charge in [0, 0.05) is 30.8 Å². The van der Waals surface area contributed by atoms with Crippen LogP contribution in [0.4, 0.5) is 21.5 Å². The number of likely N-dealkylation sites (N-methyl/N-ethyl adjacent to an activating group) is 1. The maximum atomic E-state index is 13.9. The largest absolute Gasteiger partial charge is 0.481 e. The van der Waals surface area contributed by atoms with Crippen molar-refractivity contribution in [3.63, 3.8) is 0 Å². The van der Waals surface area contributed by atoms with E-state index in [1.807, 2.05) is 31.1 Å². The summed E-state index contributed by atoms with van der Waals surface area (Å²) in [6.07, 6.45) is 1.42. The highest BCUT2D eigenvalue weighted by molar-refractivity contribution is 7.92. The van der Waals surface area contributed by atoms with Crippen LogP contribution in [0.1, 0.15) is 23.1 Å². The van der Waals surface area contributed by atoms with Gasteiger partial charge in [-0.05, 0) is 80.2 Å². The average molecular weight is 567 g/mol. The quantitative estimate of drug-likeness (QED) is 0.299. The summed E-state index contributed by atoms with van der Waals surface area (Å²) in [5, 5.41) is 15.1. The molecule has 0 aliphatic carbocycles. The summed E-state index contributed by atoms with van der Waals surface area (Å²) >= 11 is 0. The molecule has 0 aromatic heterocycles. The Hall–Kier alpha value is -4.22. The first-order chi connectivity index (χ1) is 18.9. The van der Waals surface area contributed by atoms with Crippen molar-refractivity contribution in [1.29, 1.82) is 0 Å². The fourth-order valence-corrected chi connectivity index (χ4v) is 5.36. The molecular weight excluding hydrogens is 535 g/mol. The number of nitrogens with zero attached hydrogens (tertiary/aromatic N) is 2. The van der Waals surface area contributed by atoms with Crippen LogP contribution in [0, 0.1) is 5.82 Å². The summed E-state index contributed by atoms with van der Waals surface area (Å²) in [6, 6.07) is 18.1. The molecule has 0 saturated heterocycles. The highest BCUT2D eigenvalue weighted by Gasteiger charge is 2.29. The van der Waals surface area contributed by atoms with Gasteiger partial charge in [-0.2, -0.15) is 0 Å². The fraction of sp³-hybridized carbons (Fsp3) is 0.241. The van der Waals surface area contributed by atoms with Crippen LogP contribution in [0.25, 0.3) is 11.3 Å². The lowest BCUT2D eigenvalue weighted by Gasteiger charge is -2.24. The molecule has 3 aromatic carbocycles. The second-order valence-electron chi connectivity index (χ2n) is 9.80. The number of aryl methyl sites for hydroxylation is 1. The highest BCUT2D eigenvalue weighted by Crippen LogP contribution is 2.38. The van der Waals surface area contributed by atoms with Crippen LogP contribution in [-0.2, 0) is 26.0 Å². The molecule has 3 aromatic rings. The number of rotatable bonds is 11. The number of halogens is 1. The van der Waals surface area contributed by atoms with E-state index in [1.54, 1.807) is 36.4 Å². The Kier molecular flexibility index (Phi) is 8.55. The number of nitrogens with one attached hydrogen (secondary N) is 2. The lowest BCUT2D eigenvalue weighted by Crippen LogP contribution is -2.35. The van der Waals surface area contributed by atoms with E-state index in [9.17, 15) is 22.4 Å². The van der Waals surface area contributed by atoms with E-state index >= 15 is 0 Å². The molecule has 3 N–H and O–H groups in total. The molecule has 0 atom stereocenters. The minimum absolute atomic E-state index is 0.0441. The Bertz CT molecular complexity index is 1570. The van der Waals surface area contributed by atoms with Crippen LogP contribution >= 0.6 is 0 Å². The Balaban J connectivity index is 1.76. The van der Waals surface area contributed by atoms with Gasteiger partial charge in [0.05, 0.1) is 28.9 Å². The number of benzene rings is 3. The lowest BCUT2D eigenvalue weighted by molar-refractivity contribution is -0.137. The van der Waals surface area contributed by atoms with E-state index in [0.29, 0.717) is 52.4 Å². The number of carboxylic acid groups (broad SMARTS) is 1. The first kappa shape index (κ1) is 28.8. The third kappa shape index (κ3) is 6.85. The van der Waals surface area contributed by atoms with E-state index in [1.165, 1.54) is 22.5 Å². The number of hydrogen-bond acceptors (Lipinski definition) is 6. The molecular formula is C29H31FN4O5S. The van der Waals surface area contributed by atoms with Crippen LogP contribution in [0.5, 0.6) is 0 Å². The van der Waals surface area contributed by atoms with Gasteiger partial charge in [-0.15, -0.1) is 0 Å². The van der Waals surface area contributed by atoms with E-state index in [2.05, 4.69) is 10.6 Å². The molecule has 210 valence electrons. The molecule has 4 rings (SSSR count). The van der Waals surface area contributed by atoms with Crippen molar-refractivity contribution in [3.8, 4) is 0 Å². The highest BCUT2D eigenvalue weighted by atomic mass is 32.2. The Labute approximate surface area is 233 Å². The third-order valence-corrected chi connectivity index (χ3v) is 7.59. The first-order valence-corrected chi connectivity index (χ1v) is 14.4. The monoisotopic (exact) mass is 566 g/mol. The van der Waals surface area contributed by atoms with Gasteiger partial charge < -0.3 is 20.6 Å². The number of aliphatic carboxylic acids is 1. The van der Waals surface area contributed by atoms with Crippen molar-refractivity contribution in [3.05, 3.63) is 89.2 Å². The van der Waals surface area contributed by atoms with E-state index < -0.39 is 27.7 Å². The summed E-state index contributed by atoms with van der Waals surface area (Å²) in [6.45, 7) is 0.821. The number of carbonyl (C=O) groups is 2. The molecule has 0 fully saturated rings. The lowest BCUT2D eigenvalue weighted by atomic mass is 9.97. The van der Waals surface area contributed by atoms with Crippen molar-refractivity contribution in [2.75, 3.05) is 48.4 Å². The molecule has 9 nitrogen and oxygen atoms in total. The number of anilines is 3. The molecule has 1 aliphatic heterocycles. The van der Waals surface area contributed by atoms with Crippen molar-refractivity contribution >= 4 is 50.2 Å². The van der Waals surface area contributed by atoms with E-state index in [-0.39, 0.29) is 13.0 Å². The normalized spacial score (nSPS) is 14.1. The number of sulfonamides is 1. The van der Waals surface area contributed by atoms with Gasteiger partial charge in [-0.3, -0.25) is 13.9 Å². The van der Waals surface area contributed by atoms with E-state index in [4.69, 9.17) is 5.11 Å². The third-order valence-electron chi connectivity index (χ3n) is 6.39. The molecule has 40 heavy (non-hydrogen) atoms. The average Bonchev–Trinajstić information content (AvgIpc) is 3.20. The Morgan fingerprint density at radius 2 is 1.75 bits per heavy atom. The number of fused-ring (bicyclic) bond motifs is 1. The first-order valence-electron chi connectivity index (χ1n) is 12.6. The predicted octanol–water partition coefficient (Wildman–Crippen LogP) is 4.10. The van der Waals surface area contributed by atoms with Crippen LogP contribution in [0.2, 0.25) is 0 Å². The molecule has 1 aliphatic rings. The Morgan fingerprint density at radius 3 is 2.40 bits per heavy atom. The fourth-order valence-electron chi connectivity index (χ4n) is 4.44. The summed E-state index contributed by atoms with van der Waals surface area (Å²) in [5.74, 6) is -1.81. The second-order valence-corrected chi connectivity index (χ2v) is 11.7. The molecule has 0 saturated carbocycles. The zero-order valence-corrected chi connectivity index (χ0v) is 23.3. The van der Waals surface area contributed by atoms with Crippen LogP contribution < -0.4 is 14.9 Å². The van der Waals surface area contributed by atoms with Gasteiger partial charge >= 0.3 is 5.97 Å². The molecule has 0 radical (unpaired) electrons. The SMILES string of the molecule is CN(C)CCN(c1ccc(N/C(=C2\C(=O)Nc3cc(F)ccc32)c2cccc(CCC(=O)O)c2)cc1)S(C)(=O)=O. The Morgan fingerprint density at radius 1 is 1.02 bits per heavy atom. The summed E-state index contributed by atoms with van der Waals surface area (Å²) < 4.78 is 40.1. The van der Waals surface area contributed by atoms with Crippen LogP contribution in [0.3, 0.4) is 0 Å². The van der Waals surface area contributed by atoms with Gasteiger partial charge in [0.15, 0.2) is 0 Å². The number of carboxylic acids is 1. The number of amides is 1. The number of hydrogen-bond donors (Lipinski definition) is 3. The predicted molar refractivity (Wildman–Crippen MR) is 155 cm³/mol. The maximum absolute atomic E-state index is 13.9. The van der Waals surface area contributed by atoms with Crippen LogP contribution in [-0.4, -0.2) is 63.7 Å². The van der Waals surface area contributed by atoms with Gasteiger partial charge in [-0.25, -0.2) is 12.8 Å². The second kappa shape index (κ2) is 11.9. The topological polar surface area (TPSA) is 119 Å². The van der Waals surface area contributed by atoms with Gasteiger partial charge in [0.2, 0.25) is 10.0 Å². The molecule has 1 heterocycles. The summed E-state index contributed by atoms with van der Waals surface area (Å²) in [4.78, 5) is 26.2. The van der Waals surface area contributed by atoms with Crippen molar-refractivity contribution in [1.82, 2.24) is 4.90 Å².